The van der Waals surface area contributed by atoms with E-state index in [9.17, 15) is 8.42 Å². The van der Waals surface area contributed by atoms with Gasteiger partial charge in [-0.05, 0) is 28.5 Å². The van der Waals surface area contributed by atoms with Crippen molar-refractivity contribution in [3.63, 3.8) is 0 Å². The number of sulfonamides is 1. The van der Waals surface area contributed by atoms with Crippen LogP contribution in [0.2, 0.25) is 0 Å². The summed E-state index contributed by atoms with van der Waals surface area (Å²) in [6, 6.07) is 1.75. The lowest BCUT2D eigenvalue weighted by Crippen LogP contribution is -2.40. The molecule has 1 aromatic rings. The molecule has 1 aromatic heterocycles. The molecule has 19 heavy (non-hydrogen) atoms. The third-order valence-corrected chi connectivity index (χ3v) is 6.99. The summed E-state index contributed by atoms with van der Waals surface area (Å²) in [6.45, 7) is 5.35. The minimum atomic E-state index is -3.41. The van der Waals surface area contributed by atoms with Crippen LogP contribution in [0.15, 0.2) is 14.7 Å². The largest absolute Gasteiger partial charge is 0.379 e. The highest BCUT2D eigenvalue weighted by atomic mass is 79.9. The minimum absolute atomic E-state index is 0.368. The molecule has 0 bridgehead atoms. The number of ether oxygens (including phenoxy) is 1. The van der Waals surface area contributed by atoms with Gasteiger partial charge in [0.1, 0.15) is 4.90 Å². The highest BCUT2D eigenvalue weighted by Gasteiger charge is 2.29. The van der Waals surface area contributed by atoms with E-state index in [0.717, 1.165) is 11.4 Å². The molecule has 0 aromatic carbocycles. The van der Waals surface area contributed by atoms with Crippen LogP contribution in [-0.2, 0) is 21.3 Å². The lowest BCUT2D eigenvalue weighted by atomic mass is 10.4. The summed E-state index contributed by atoms with van der Waals surface area (Å²) in [6.07, 6.45) is 0. The predicted molar refractivity (Wildman–Crippen MR) is 79.0 cm³/mol. The quantitative estimate of drug-likeness (QED) is 0.858. The van der Waals surface area contributed by atoms with Crippen LogP contribution >= 0.6 is 27.3 Å². The maximum absolute atomic E-state index is 12.5. The molecule has 1 fully saturated rings. The Morgan fingerprint density at radius 3 is 2.79 bits per heavy atom. The van der Waals surface area contributed by atoms with Gasteiger partial charge in [-0.3, -0.25) is 0 Å². The molecule has 0 atom stereocenters. The van der Waals surface area contributed by atoms with Gasteiger partial charge in [0.15, 0.2) is 0 Å². The average molecular weight is 369 g/mol. The fraction of sp³-hybridized carbons (Fsp3) is 0.636. The number of morpholine rings is 1. The van der Waals surface area contributed by atoms with E-state index in [2.05, 4.69) is 21.2 Å². The molecule has 0 saturated carbocycles. The van der Waals surface area contributed by atoms with Gasteiger partial charge < -0.3 is 10.1 Å². The first-order valence-corrected chi connectivity index (χ1v) is 9.17. The van der Waals surface area contributed by atoms with E-state index in [-0.39, 0.29) is 0 Å². The number of thiophene rings is 1. The third kappa shape index (κ3) is 3.56. The molecule has 0 aliphatic carbocycles. The Balaban J connectivity index is 2.21. The number of rotatable bonds is 5. The molecule has 1 aliphatic rings. The van der Waals surface area contributed by atoms with Crippen molar-refractivity contribution in [3.8, 4) is 0 Å². The van der Waals surface area contributed by atoms with Gasteiger partial charge in [0.05, 0.1) is 17.0 Å². The van der Waals surface area contributed by atoms with Crippen LogP contribution in [0.5, 0.6) is 0 Å². The summed E-state index contributed by atoms with van der Waals surface area (Å²) < 4.78 is 32.4. The molecule has 0 radical (unpaired) electrons. The summed E-state index contributed by atoms with van der Waals surface area (Å²) in [5, 5.41) is 3.20. The van der Waals surface area contributed by atoms with Crippen LogP contribution in [-0.4, -0.2) is 45.6 Å². The molecule has 0 spiro atoms. The third-order valence-electron chi connectivity index (χ3n) is 2.84. The molecular formula is C11H17BrN2O3S2. The first kappa shape index (κ1) is 15.4. The number of halogens is 1. The maximum atomic E-state index is 12.5. The molecule has 1 aliphatic heterocycles. The second-order valence-corrected chi connectivity index (χ2v) is 8.51. The monoisotopic (exact) mass is 368 g/mol. The lowest BCUT2D eigenvalue weighted by Gasteiger charge is -2.25. The van der Waals surface area contributed by atoms with Crippen molar-refractivity contribution < 1.29 is 13.2 Å². The minimum Gasteiger partial charge on any atom is -0.379 e. The summed E-state index contributed by atoms with van der Waals surface area (Å²) in [5.41, 5.74) is 0. The fourth-order valence-electron chi connectivity index (χ4n) is 1.84. The van der Waals surface area contributed by atoms with Crippen LogP contribution in [0, 0.1) is 0 Å². The van der Waals surface area contributed by atoms with Crippen LogP contribution in [0.3, 0.4) is 0 Å². The molecule has 108 valence electrons. The zero-order valence-electron chi connectivity index (χ0n) is 10.7. The Morgan fingerprint density at radius 2 is 2.16 bits per heavy atom. The van der Waals surface area contributed by atoms with Crippen molar-refractivity contribution in [1.82, 2.24) is 9.62 Å². The zero-order chi connectivity index (χ0) is 13.9. The second kappa shape index (κ2) is 6.64. The molecule has 1 N–H and O–H groups in total. The molecule has 2 rings (SSSR count). The number of nitrogens with one attached hydrogen (secondary N) is 1. The normalized spacial score (nSPS) is 17.8. The van der Waals surface area contributed by atoms with Gasteiger partial charge in [-0.1, -0.05) is 6.92 Å². The first-order valence-electron chi connectivity index (χ1n) is 6.12. The van der Waals surface area contributed by atoms with Crippen LogP contribution in [0.4, 0.5) is 0 Å². The van der Waals surface area contributed by atoms with E-state index in [0.29, 0.717) is 41.5 Å². The van der Waals surface area contributed by atoms with Crippen molar-refractivity contribution in [2.45, 2.75) is 18.4 Å². The van der Waals surface area contributed by atoms with Gasteiger partial charge in [0.2, 0.25) is 10.0 Å². The topological polar surface area (TPSA) is 58.6 Å². The van der Waals surface area contributed by atoms with Crippen molar-refractivity contribution in [3.05, 3.63) is 14.7 Å². The van der Waals surface area contributed by atoms with Gasteiger partial charge in [0, 0.05) is 24.5 Å². The van der Waals surface area contributed by atoms with Gasteiger partial charge in [-0.2, -0.15) is 4.31 Å². The summed E-state index contributed by atoms with van der Waals surface area (Å²) in [7, 11) is -3.41. The average Bonchev–Trinajstić information content (AvgIpc) is 2.79. The molecule has 0 unspecified atom stereocenters. The van der Waals surface area contributed by atoms with E-state index in [1.54, 1.807) is 6.07 Å². The van der Waals surface area contributed by atoms with Gasteiger partial charge >= 0.3 is 0 Å². The van der Waals surface area contributed by atoms with Crippen LogP contribution in [0.1, 0.15) is 11.8 Å². The van der Waals surface area contributed by atoms with E-state index in [1.807, 2.05) is 6.92 Å². The molecule has 1 saturated heterocycles. The van der Waals surface area contributed by atoms with E-state index in [1.165, 1.54) is 15.6 Å². The lowest BCUT2D eigenvalue weighted by molar-refractivity contribution is 0.0730. The van der Waals surface area contributed by atoms with Gasteiger partial charge in [-0.15, -0.1) is 11.3 Å². The molecule has 8 heteroatoms. The molecule has 2 heterocycles. The van der Waals surface area contributed by atoms with E-state index in [4.69, 9.17) is 4.74 Å². The molecular weight excluding hydrogens is 352 g/mol. The Kier molecular flexibility index (Phi) is 5.38. The SMILES string of the molecule is CCNCc1cc(S(=O)(=O)N2CCOCC2)c(Br)s1. The maximum Gasteiger partial charge on any atom is 0.245 e. The van der Waals surface area contributed by atoms with Crippen LogP contribution < -0.4 is 5.32 Å². The Morgan fingerprint density at radius 1 is 1.47 bits per heavy atom. The zero-order valence-corrected chi connectivity index (χ0v) is 13.9. The van der Waals surface area contributed by atoms with Gasteiger partial charge in [-0.25, -0.2) is 8.42 Å². The van der Waals surface area contributed by atoms with E-state index < -0.39 is 10.0 Å². The molecule has 0 amide bonds. The number of hydrogen-bond donors (Lipinski definition) is 1. The highest BCUT2D eigenvalue weighted by molar-refractivity contribution is 9.11. The summed E-state index contributed by atoms with van der Waals surface area (Å²) in [4.78, 5) is 1.38. The van der Waals surface area contributed by atoms with Crippen LogP contribution in [0.25, 0.3) is 0 Å². The van der Waals surface area contributed by atoms with Crippen molar-refractivity contribution in [2.75, 3.05) is 32.8 Å². The fourth-order valence-corrected chi connectivity index (χ4v) is 5.85. The predicted octanol–water partition coefficient (Wildman–Crippen LogP) is 1.64. The standard InChI is InChI=1S/C11H17BrN2O3S2/c1-2-13-8-9-7-10(11(12)18-9)19(15,16)14-3-5-17-6-4-14/h7,13H,2-6,8H2,1H3. The van der Waals surface area contributed by atoms with Crippen molar-refractivity contribution in [2.24, 2.45) is 0 Å². The summed E-state index contributed by atoms with van der Waals surface area (Å²) >= 11 is 4.83. The Labute approximate surface area is 126 Å². The molecule has 5 nitrogen and oxygen atoms in total. The smallest absolute Gasteiger partial charge is 0.245 e. The Hall–Kier alpha value is 0.01000. The first-order chi connectivity index (χ1) is 9.05. The second-order valence-electron chi connectivity index (χ2n) is 4.15. The Bertz CT molecular complexity index is 524. The highest BCUT2D eigenvalue weighted by Crippen LogP contribution is 2.33. The summed E-state index contributed by atoms with van der Waals surface area (Å²) in [5.74, 6) is 0. The number of hydrogen-bond acceptors (Lipinski definition) is 5. The van der Waals surface area contributed by atoms with E-state index >= 15 is 0 Å². The van der Waals surface area contributed by atoms with Gasteiger partial charge in [0.25, 0.3) is 0 Å². The van der Waals surface area contributed by atoms with Crippen molar-refractivity contribution >= 4 is 37.3 Å². The number of nitrogens with zero attached hydrogens (tertiary/aromatic N) is 1. The van der Waals surface area contributed by atoms with Crippen molar-refractivity contribution in [1.29, 1.82) is 0 Å².